The van der Waals surface area contributed by atoms with Gasteiger partial charge in [0, 0.05) is 55.2 Å². The van der Waals surface area contributed by atoms with E-state index >= 15 is 0 Å². The number of hydrogen-bond donors (Lipinski definition) is 0. The first kappa shape index (κ1) is 17.4. The van der Waals surface area contributed by atoms with Gasteiger partial charge >= 0.3 is 0 Å². The largest absolute Gasteiger partial charge is 0.335 e. The van der Waals surface area contributed by atoms with Crippen LogP contribution in [0.4, 0.5) is 4.39 Å². The topological polar surface area (TPSA) is 36.4 Å². The number of aromatic nitrogens is 1. The highest BCUT2D eigenvalue weighted by molar-refractivity contribution is 7.21. The van der Waals surface area contributed by atoms with E-state index in [9.17, 15) is 9.18 Å². The summed E-state index contributed by atoms with van der Waals surface area (Å²) in [4.78, 5) is 21.6. The summed E-state index contributed by atoms with van der Waals surface area (Å²) in [6.45, 7) is 3.74. The van der Waals surface area contributed by atoms with Crippen molar-refractivity contribution >= 4 is 38.9 Å². The molecule has 4 rings (SSSR count). The van der Waals surface area contributed by atoms with Crippen LogP contribution < -0.4 is 0 Å². The van der Waals surface area contributed by atoms with Gasteiger partial charge in [0.25, 0.3) is 5.91 Å². The van der Waals surface area contributed by atoms with Gasteiger partial charge in [0.15, 0.2) is 0 Å². The minimum atomic E-state index is -0.321. The van der Waals surface area contributed by atoms with Crippen molar-refractivity contribution in [3.8, 4) is 0 Å². The molecular formula is C19H17ClFN3OS. The number of fused-ring (bicyclic) bond motifs is 1. The van der Waals surface area contributed by atoms with Crippen molar-refractivity contribution in [2.24, 2.45) is 0 Å². The average Bonchev–Trinajstić information content (AvgIpc) is 2.98. The summed E-state index contributed by atoms with van der Waals surface area (Å²) in [7, 11) is 0. The van der Waals surface area contributed by atoms with Crippen molar-refractivity contribution in [1.29, 1.82) is 0 Å². The Morgan fingerprint density at radius 2 is 2.04 bits per heavy atom. The van der Waals surface area contributed by atoms with Gasteiger partial charge in [-0.15, -0.1) is 11.3 Å². The lowest BCUT2D eigenvalue weighted by atomic mass is 10.2. The van der Waals surface area contributed by atoms with Crippen molar-refractivity contribution in [3.63, 3.8) is 0 Å². The maximum absolute atomic E-state index is 13.4. The second-order valence-corrected chi connectivity index (χ2v) is 7.75. The Balaban J connectivity index is 1.44. The zero-order valence-corrected chi connectivity index (χ0v) is 15.6. The van der Waals surface area contributed by atoms with Crippen LogP contribution in [-0.2, 0) is 6.54 Å². The van der Waals surface area contributed by atoms with Gasteiger partial charge in [-0.1, -0.05) is 17.7 Å². The minimum absolute atomic E-state index is 0.0716. The predicted molar refractivity (Wildman–Crippen MR) is 102 cm³/mol. The van der Waals surface area contributed by atoms with Crippen LogP contribution in [0.15, 0.2) is 42.7 Å². The number of rotatable bonds is 3. The van der Waals surface area contributed by atoms with Crippen molar-refractivity contribution in [1.82, 2.24) is 14.8 Å². The first-order valence-corrected chi connectivity index (χ1v) is 9.59. The third-order valence-electron chi connectivity index (χ3n) is 4.57. The number of piperazine rings is 1. The average molecular weight is 390 g/mol. The summed E-state index contributed by atoms with van der Waals surface area (Å²) >= 11 is 7.64. The van der Waals surface area contributed by atoms with E-state index in [1.807, 2.05) is 17.2 Å². The quantitative estimate of drug-likeness (QED) is 0.678. The Morgan fingerprint density at radius 1 is 1.23 bits per heavy atom. The van der Waals surface area contributed by atoms with Gasteiger partial charge in [0.05, 0.1) is 5.02 Å². The Kier molecular flexibility index (Phi) is 4.89. The molecule has 0 radical (unpaired) electrons. The fraction of sp³-hybridized carbons (Fsp3) is 0.263. The molecule has 1 aliphatic heterocycles. The Morgan fingerprint density at radius 3 is 2.77 bits per heavy atom. The number of amides is 1. The van der Waals surface area contributed by atoms with E-state index in [0.29, 0.717) is 27.7 Å². The van der Waals surface area contributed by atoms with Crippen LogP contribution in [-0.4, -0.2) is 46.9 Å². The summed E-state index contributed by atoms with van der Waals surface area (Å²) in [5, 5.41) is 1.16. The van der Waals surface area contributed by atoms with Crippen LogP contribution in [0, 0.1) is 5.82 Å². The highest BCUT2D eigenvalue weighted by Gasteiger charge is 2.26. The van der Waals surface area contributed by atoms with E-state index in [-0.39, 0.29) is 11.7 Å². The summed E-state index contributed by atoms with van der Waals surface area (Å²) in [5.41, 5.74) is 1.17. The van der Waals surface area contributed by atoms with E-state index in [1.54, 1.807) is 12.3 Å². The van der Waals surface area contributed by atoms with Crippen molar-refractivity contribution in [2.45, 2.75) is 6.54 Å². The molecule has 1 amide bonds. The molecule has 0 atom stereocenters. The second-order valence-electron chi connectivity index (χ2n) is 6.32. The number of nitrogens with zero attached hydrogens (tertiary/aromatic N) is 3. The molecule has 0 N–H and O–H groups in total. The molecule has 3 heterocycles. The number of halogens is 2. The number of thiophene rings is 1. The Labute approximate surface area is 159 Å². The maximum Gasteiger partial charge on any atom is 0.265 e. The van der Waals surface area contributed by atoms with Crippen LogP contribution in [0.5, 0.6) is 0 Å². The zero-order valence-electron chi connectivity index (χ0n) is 14.0. The van der Waals surface area contributed by atoms with Crippen LogP contribution >= 0.6 is 22.9 Å². The number of carbonyl (C=O) groups excluding carboxylic acids is 1. The second kappa shape index (κ2) is 7.31. The van der Waals surface area contributed by atoms with Crippen molar-refractivity contribution in [3.05, 3.63) is 64.0 Å². The Hall–Kier alpha value is -2.02. The molecule has 26 heavy (non-hydrogen) atoms. The first-order chi connectivity index (χ1) is 12.6. The molecule has 7 heteroatoms. The molecule has 1 fully saturated rings. The standard InChI is InChI=1S/C19H17ClFN3OS/c20-17-15-4-3-14(21)10-16(15)26-18(17)19(25)24-8-6-23(7-9-24)12-13-2-1-5-22-11-13/h1-5,10-11H,6-9,12H2. The fourth-order valence-electron chi connectivity index (χ4n) is 3.18. The molecule has 0 bridgehead atoms. The third kappa shape index (κ3) is 3.45. The first-order valence-electron chi connectivity index (χ1n) is 8.40. The van der Waals surface area contributed by atoms with Crippen molar-refractivity contribution < 1.29 is 9.18 Å². The summed E-state index contributed by atoms with van der Waals surface area (Å²) in [6.07, 6.45) is 3.63. The van der Waals surface area contributed by atoms with Crippen LogP contribution in [0.25, 0.3) is 10.1 Å². The minimum Gasteiger partial charge on any atom is -0.335 e. The Bertz CT molecular complexity index is 939. The van der Waals surface area contributed by atoms with Gasteiger partial charge in [0.2, 0.25) is 0 Å². The van der Waals surface area contributed by atoms with Crippen LogP contribution in [0.2, 0.25) is 5.02 Å². The van der Waals surface area contributed by atoms with Crippen LogP contribution in [0.3, 0.4) is 0 Å². The van der Waals surface area contributed by atoms with Gasteiger partial charge in [-0.2, -0.15) is 0 Å². The van der Waals surface area contributed by atoms with Crippen LogP contribution in [0.1, 0.15) is 15.2 Å². The lowest BCUT2D eigenvalue weighted by Crippen LogP contribution is -2.48. The zero-order chi connectivity index (χ0) is 18.1. The molecule has 2 aromatic heterocycles. The van der Waals surface area contributed by atoms with Crippen molar-refractivity contribution in [2.75, 3.05) is 26.2 Å². The molecular weight excluding hydrogens is 373 g/mol. The molecule has 0 unspecified atom stereocenters. The van der Waals surface area contributed by atoms with E-state index < -0.39 is 0 Å². The maximum atomic E-state index is 13.4. The number of carbonyl (C=O) groups is 1. The summed E-state index contributed by atoms with van der Waals surface area (Å²) in [6, 6.07) is 8.41. The normalized spacial score (nSPS) is 15.5. The van der Waals surface area contributed by atoms with E-state index in [1.165, 1.54) is 29.0 Å². The lowest BCUT2D eigenvalue weighted by Gasteiger charge is -2.34. The molecule has 1 aliphatic rings. The molecule has 134 valence electrons. The summed E-state index contributed by atoms with van der Waals surface area (Å²) < 4.78 is 14.1. The van der Waals surface area contributed by atoms with Gasteiger partial charge in [-0.3, -0.25) is 14.7 Å². The molecule has 0 saturated carbocycles. The molecule has 0 spiro atoms. The monoisotopic (exact) mass is 389 g/mol. The molecule has 1 aromatic carbocycles. The molecule has 1 saturated heterocycles. The molecule has 3 aromatic rings. The third-order valence-corrected chi connectivity index (χ3v) is 6.22. The SMILES string of the molecule is O=C(c1sc2cc(F)ccc2c1Cl)N1CCN(Cc2cccnc2)CC1. The van der Waals surface area contributed by atoms with Gasteiger partial charge in [-0.05, 0) is 29.8 Å². The lowest BCUT2D eigenvalue weighted by molar-refractivity contribution is 0.0633. The highest BCUT2D eigenvalue weighted by atomic mass is 35.5. The van der Waals surface area contributed by atoms with Gasteiger partial charge < -0.3 is 4.90 Å². The van der Waals surface area contributed by atoms with Gasteiger partial charge in [-0.25, -0.2) is 4.39 Å². The predicted octanol–water partition coefficient (Wildman–Crippen LogP) is 4.05. The highest BCUT2D eigenvalue weighted by Crippen LogP contribution is 2.36. The summed E-state index contributed by atoms with van der Waals surface area (Å²) in [5.74, 6) is -0.393. The number of benzene rings is 1. The fourth-order valence-corrected chi connectivity index (χ4v) is 4.68. The molecule has 4 nitrogen and oxygen atoms in total. The number of pyridine rings is 1. The molecule has 0 aliphatic carbocycles. The van der Waals surface area contributed by atoms with E-state index in [0.717, 1.165) is 25.0 Å². The van der Waals surface area contributed by atoms with E-state index in [2.05, 4.69) is 16.0 Å². The number of hydrogen-bond acceptors (Lipinski definition) is 4. The van der Waals surface area contributed by atoms with E-state index in [4.69, 9.17) is 11.6 Å². The van der Waals surface area contributed by atoms with Gasteiger partial charge in [0.1, 0.15) is 10.7 Å². The smallest absolute Gasteiger partial charge is 0.265 e.